The first-order valence-electron chi connectivity index (χ1n) is 7.52. The van der Waals surface area contributed by atoms with Crippen LogP contribution in [0, 0.1) is 0 Å². The van der Waals surface area contributed by atoms with Crippen LogP contribution in [0.2, 0.25) is 0 Å². The Labute approximate surface area is 128 Å². The molecular weight excluding hydrogens is 278 g/mol. The first-order valence-corrected chi connectivity index (χ1v) is 7.52. The standard InChI is InChI=1S/C16H17N5O/c1-2-5-12(6-3-1)15-19-20-16-14(17-8-9-21(15)16)18-11-13-7-4-10-22-13/h1-3,5-6,8-9,13H,4,7,10-11H2,(H,17,18). The van der Waals surface area contributed by atoms with Gasteiger partial charge in [0.15, 0.2) is 11.6 Å². The molecule has 1 aliphatic heterocycles. The average Bonchev–Trinajstić information content (AvgIpc) is 3.23. The van der Waals surface area contributed by atoms with Gasteiger partial charge in [-0.05, 0) is 12.8 Å². The van der Waals surface area contributed by atoms with Crippen molar-refractivity contribution in [2.75, 3.05) is 18.5 Å². The van der Waals surface area contributed by atoms with Gasteiger partial charge in [-0.15, -0.1) is 10.2 Å². The van der Waals surface area contributed by atoms with Crippen molar-refractivity contribution < 1.29 is 4.74 Å². The summed E-state index contributed by atoms with van der Waals surface area (Å²) in [6.45, 7) is 1.60. The number of aromatic nitrogens is 4. The number of nitrogens with zero attached hydrogens (tertiary/aromatic N) is 4. The Morgan fingerprint density at radius 2 is 2.14 bits per heavy atom. The van der Waals surface area contributed by atoms with Crippen LogP contribution in [0.3, 0.4) is 0 Å². The van der Waals surface area contributed by atoms with E-state index in [0.717, 1.165) is 48.8 Å². The van der Waals surface area contributed by atoms with Gasteiger partial charge in [0, 0.05) is 31.1 Å². The Balaban J connectivity index is 1.65. The van der Waals surface area contributed by atoms with Crippen molar-refractivity contribution in [3.63, 3.8) is 0 Å². The largest absolute Gasteiger partial charge is 0.376 e. The van der Waals surface area contributed by atoms with Crippen LogP contribution in [0.15, 0.2) is 42.7 Å². The van der Waals surface area contributed by atoms with E-state index < -0.39 is 0 Å². The fraction of sp³-hybridized carbons (Fsp3) is 0.312. The highest BCUT2D eigenvalue weighted by Gasteiger charge is 2.17. The number of benzene rings is 1. The van der Waals surface area contributed by atoms with E-state index in [1.807, 2.05) is 40.9 Å². The van der Waals surface area contributed by atoms with Gasteiger partial charge < -0.3 is 10.1 Å². The molecule has 3 heterocycles. The molecule has 2 aromatic heterocycles. The quantitative estimate of drug-likeness (QED) is 0.800. The van der Waals surface area contributed by atoms with E-state index in [2.05, 4.69) is 20.5 Å². The predicted molar refractivity (Wildman–Crippen MR) is 83.7 cm³/mol. The summed E-state index contributed by atoms with van der Waals surface area (Å²) in [7, 11) is 0. The molecule has 1 saturated heterocycles. The molecule has 112 valence electrons. The van der Waals surface area contributed by atoms with Crippen LogP contribution < -0.4 is 5.32 Å². The van der Waals surface area contributed by atoms with Crippen LogP contribution in [0.25, 0.3) is 17.0 Å². The summed E-state index contributed by atoms with van der Waals surface area (Å²) in [6, 6.07) is 10.0. The van der Waals surface area contributed by atoms with Crippen molar-refractivity contribution in [3.8, 4) is 11.4 Å². The van der Waals surface area contributed by atoms with Crippen LogP contribution in [-0.2, 0) is 4.74 Å². The van der Waals surface area contributed by atoms with Crippen LogP contribution in [0.4, 0.5) is 5.82 Å². The second-order valence-corrected chi connectivity index (χ2v) is 5.38. The van der Waals surface area contributed by atoms with Crippen molar-refractivity contribution in [2.45, 2.75) is 18.9 Å². The molecular formula is C16H17N5O. The highest BCUT2D eigenvalue weighted by Crippen LogP contribution is 2.21. The van der Waals surface area contributed by atoms with Crippen LogP contribution >= 0.6 is 0 Å². The Bertz CT molecular complexity index is 765. The number of nitrogens with one attached hydrogen (secondary N) is 1. The maximum Gasteiger partial charge on any atom is 0.203 e. The number of ether oxygens (including phenoxy) is 1. The van der Waals surface area contributed by atoms with Crippen LogP contribution in [0.1, 0.15) is 12.8 Å². The molecule has 1 unspecified atom stereocenters. The van der Waals surface area contributed by atoms with E-state index in [0.29, 0.717) is 0 Å². The van der Waals surface area contributed by atoms with Crippen LogP contribution in [0.5, 0.6) is 0 Å². The summed E-state index contributed by atoms with van der Waals surface area (Å²) in [5, 5.41) is 11.9. The second kappa shape index (κ2) is 5.73. The molecule has 22 heavy (non-hydrogen) atoms. The third-order valence-electron chi connectivity index (χ3n) is 3.88. The summed E-state index contributed by atoms with van der Waals surface area (Å²) in [4.78, 5) is 4.38. The van der Waals surface area contributed by atoms with Gasteiger partial charge in [-0.1, -0.05) is 30.3 Å². The first kappa shape index (κ1) is 13.2. The lowest BCUT2D eigenvalue weighted by Crippen LogP contribution is -2.19. The Kier molecular flexibility index (Phi) is 3.44. The normalized spacial score (nSPS) is 17.9. The Morgan fingerprint density at radius 3 is 2.95 bits per heavy atom. The summed E-state index contributed by atoms with van der Waals surface area (Å²) in [6.07, 6.45) is 6.14. The van der Waals surface area contributed by atoms with Gasteiger partial charge >= 0.3 is 0 Å². The monoisotopic (exact) mass is 295 g/mol. The van der Waals surface area contributed by atoms with Crippen molar-refractivity contribution in [1.29, 1.82) is 0 Å². The summed E-state index contributed by atoms with van der Waals surface area (Å²) in [5.74, 6) is 1.56. The third-order valence-corrected chi connectivity index (χ3v) is 3.88. The topological polar surface area (TPSA) is 64.3 Å². The molecule has 0 aliphatic carbocycles. The molecule has 1 N–H and O–H groups in total. The molecule has 0 saturated carbocycles. The first-order chi connectivity index (χ1) is 10.9. The van der Waals surface area contributed by atoms with E-state index in [-0.39, 0.29) is 6.10 Å². The predicted octanol–water partition coefficient (Wildman–Crippen LogP) is 2.38. The van der Waals surface area contributed by atoms with Crippen LogP contribution in [-0.4, -0.2) is 38.8 Å². The van der Waals surface area contributed by atoms with E-state index in [4.69, 9.17) is 4.74 Å². The number of anilines is 1. The summed E-state index contributed by atoms with van der Waals surface area (Å²) >= 11 is 0. The van der Waals surface area contributed by atoms with Crippen molar-refractivity contribution in [3.05, 3.63) is 42.7 Å². The van der Waals surface area contributed by atoms with E-state index >= 15 is 0 Å². The lowest BCUT2D eigenvalue weighted by molar-refractivity contribution is 0.120. The molecule has 6 heteroatoms. The van der Waals surface area contributed by atoms with Gasteiger partial charge in [-0.2, -0.15) is 0 Å². The fourth-order valence-electron chi connectivity index (χ4n) is 2.75. The van der Waals surface area contributed by atoms with Gasteiger partial charge in [0.25, 0.3) is 0 Å². The zero-order valence-electron chi connectivity index (χ0n) is 12.1. The number of hydrogen-bond donors (Lipinski definition) is 1. The molecule has 0 bridgehead atoms. The lowest BCUT2D eigenvalue weighted by atomic mass is 10.2. The van der Waals surface area contributed by atoms with E-state index in [1.54, 1.807) is 6.20 Å². The number of rotatable bonds is 4. The molecule has 0 radical (unpaired) electrons. The Hall–Kier alpha value is -2.47. The lowest BCUT2D eigenvalue weighted by Gasteiger charge is -2.11. The van der Waals surface area contributed by atoms with Gasteiger partial charge in [-0.3, -0.25) is 4.40 Å². The molecule has 0 spiro atoms. The van der Waals surface area contributed by atoms with E-state index in [9.17, 15) is 0 Å². The molecule has 1 fully saturated rings. The minimum Gasteiger partial charge on any atom is -0.376 e. The molecule has 0 amide bonds. The van der Waals surface area contributed by atoms with E-state index in [1.165, 1.54) is 0 Å². The van der Waals surface area contributed by atoms with Gasteiger partial charge in [0.05, 0.1) is 6.10 Å². The number of hydrogen-bond acceptors (Lipinski definition) is 5. The third kappa shape index (κ3) is 2.42. The van der Waals surface area contributed by atoms with Gasteiger partial charge in [0.1, 0.15) is 0 Å². The van der Waals surface area contributed by atoms with Gasteiger partial charge in [0.2, 0.25) is 5.65 Å². The molecule has 1 aromatic carbocycles. The molecule has 1 aliphatic rings. The zero-order chi connectivity index (χ0) is 14.8. The molecule has 4 rings (SSSR count). The minimum atomic E-state index is 0.263. The second-order valence-electron chi connectivity index (χ2n) is 5.38. The highest BCUT2D eigenvalue weighted by molar-refractivity contribution is 5.67. The van der Waals surface area contributed by atoms with Gasteiger partial charge in [-0.25, -0.2) is 4.98 Å². The van der Waals surface area contributed by atoms with Crippen molar-refractivity contribution in [2.24, 2.45) is 0 Å². The maximum atomic E-state index is 5.63. The van der Waals surface area contributed by atoms with Crippen molar-refractivity contribution >= 4 is 11.5 Å². The SMILES string of the molecule is c1ccc(-c2nnc3c(NCC4CCCO4)nccn23)cc1. The summed E-state index contributed by atoms with van der Waals surface area (Å²) < 4.78 is 7.59. The minimum absolute atomic E-state index is 0.263. The molecule has 3 aromatic rings. The molecule has 1 atom stereocenters. The Morgan fingerprint density at radius 1 is 1.23 bits per heavy atom. The summed E-state index contributed by atoms with van der Waals surface area (Å²) in [5.41, 5.74) is 1.77. The van der Waals surface area contributed by atoms with Crippen molar-refractivity contribution in [1.82, 2.24) is 19.6 Å². The zero-order valence-corrected chi connectivity index (χ0v) is 12.1. The molecule has 6 nitrogen and oxygen atoms in total. The maximum absolute atomic E-state index is 5.63. The highest BCUT2D eigenvalue weighted by atomic mass is 16.5. The average molecular weight is 295 g/mol. The number of fused-ring (bicyclic) bond motifs is 1. The fourth-order valence-corrected chi connectivity index (χ4v) is 2.75. The smallest absolute Gasteiger partial charge is 0.203 e.